The van der Waals surface area contributed by atoms with Crippen LogP contribution in [0.25, 0.3) is 0 Å². The molecule has 108 valence electrons. The molecule has 1 saturated carbocycles. The van der Waals surface area contributed by atoms with Gasteiger partial charge in [-0.25, -0.2) is 4.79 Å². The lowest BCUT2D eigenvalue weighted by Crippen LogP contribution is -2.43. The van der Waals surface area contributed by atoms with Crippen LogP contribution >= 0.6 is 0 Å². The number of nitrogens with one attached hydrogen (secondary N) is 2. The second kappa shape index (κ2) is 7.55. The molecule has 0 aromatic carbocycles. The molecule has 1 amide bonds. The van der Waals surface area contributed by atoms with Crippen LogP contribution in [0.1, 0.15) is 32.6 Å². The van der Waals surface area contributed by atoms with E-state index in [2.05, 4.69) is 24.0 Å². The predicted octanol–water partition coefficient (Wildman–Crippen LogP) is 1.55. The zero-order valence-corrected chi connectivity index (χ0v) is 11.9. The van der Waals surface area contributed by atoms with E-state index in [1.54, 1.807) is 12.9 Å². The summed E-state index contributed by atoms with van der Waals surface area (Å²) in [4.78, 5) is 11.4. The molecule has 0 heterocycles. The van der Waals surface area contributed by atoms with Crippen LogP contribution in [0, 0.1) is 5.41 Å². The van der Waals surface area contributed by atoms with Crippen LogP contribution in [0.2, 0.25) is 6.82 Å². The predicted molar refractivity (Wildman–Crippen MR) is 76.9 cm³/mol. The van der Waals surface area contributed by atoms with Gasteiger partial charge < -0.3 is 20.3 Å². The molecule has 6 heteroatoms. The SMILES string of the molecule is C=CCNC(=O)OC1CCC(C)(CNB(C)O)CC1. The van der Waals surface area contributed by atoms with E-state index >= 15 is 0 Å². The Morgan fingerprint density at radius 1 is 1.58 bits per heavy atom. The third kappa shape index (κ3) is 6.12. The Bertz CT molecular complexity index is 302. The van der Waals surface area contributed by atoms with E-state index in [0.29, 0.717) is 6.54 Å². The molecule has 0 spiro atoms. The van der Waals surface area contributed by atoms with E-state index in [-0.39, 0.29) is 17.6 Å². The molecule has 0 bridgehead atoms. The zero-order valence-electron chi connectivity index (χ0n) is 11.9. The van der Waals surface area contributed by atoms with Crippen molar-refractivity contribution in [2.45, 2.75) is 45.5 Å². The maximum absolute atomic E-state index is 11.4. The first-order valence-electron chi connectivity index (χ1n) is 6.92. The van der Waals surface area contributed by atoms with Crippen LogP contribution < -0.4 is 10.5 Å². The maximum atomic E-state index is 11.4. The lowest BCUT2D eigenvalue weighted by atomic mass is 9.73. The number of hydrogen-bond donors (Lipinski definition) is 3. The summed E-state index contributed by atoms with van der Waals surface area (Å²) in [7, 11) is -0.476. The zero-order chi connectivity index (χ0) is 14.3. The van der Waals surface area contributed by atoms with Crippen LogP contribution in [0.5, 0.6) is 0 Å². The minimum atomic E-state index is -0.476. The Hall–Kier alpha value is -1.01. The average Bonchev–Trinajstić information content (AvgIpc) is 2.37. The summed E-state index contributed by atoms with van der Waals surface area (Å²) in [5, 5.41) is 14.9. The number of carbonyl (C=O) groups excluding carboxylic acids is 1. The Balaban J connectivity index is 2.27. The second-order valence-electron chi connectivity index (χ2n) is 5.64. The van der Waals surface area contributed by atoms with Gasteiger partial charge in [-0.2, -0.15) is 0 Å². The van der Waals surface area contributed by atoms with Gasteiger partial charge in [-0.3, -0.25) is 0 Å². The molecular weight excluding hydrogens is 243 g/mol. The largest absolute Gasteiger partial charge is 0.446 e. The quantitative estimate of drug-likeness (QED) is 0.505. The summed E-state index contributed by atoms with van der Waals surface area (Å²) in [5.74, 6) is 0. The number of hydrogen-bond acceptors (Lipinski definition) is 4. The smallest absolute Gasteiger partial charge is 0.407 e. The lowest BCUT2D eigenvalue weighted by molar-refractivity contribution is 0.0448. The van der Waals surface area contributed by atoms with Gasteiger partial charge in [0.15, 0.2) is 0 Å². The third-order valence-corrected chi connectivity index (χ3v) is 3.63. The molecular formula is C13H25BN2O3. The fourth-order valence-electron chi connectivity index (χ4n) is 2.33. The molecule has 1 fully saturated rings. The van der Waals surface area contributed by atoms with Crippen molar-refractivity contribution in [2.75, 3.05) is 13.1 Å². The minimum absolute atomic E-state index is 0.00411. The van der Waals surface area contributed by atoms with E-state index in [4.69, 9.17) is 4.74 Å². The molecule has 0 aliphatic heterocycles. The van der Waals surface area contributed by atoms with Crippen LogP contribution in [-0.2, 0) is 4.74 Å². The average molecular weight is 268 g/mol. The summed E-state index contributed by atoms with van der Waals surface area (Å²) >= 11 is 0. The van der Waals surface area contributed by atoms with Crippen molar-refractivity contribution < 1.29 is 14.6 Å². The molecule has 5 nitrogen and oxygen atoms in total. The summed E-state index contributed by atoms with van der Waals surface area (Å²) < 4.78 is 5.34. The molecule has 1 aliphatic rings. The van der Waals surface area contributed by atoms with Gasteiger partial charge in [-0.1, -0.05) is 13.0 Å². The van der Waals surface area contributed by atoms with Crippen molar-refractivity contribution in [1.29, 1.82) is 0 Å². The Morgan fingerprint density at radius 3 is 2.74 bits per heavy atom. The van der Waals surface area contributed by atoms with Crippen LogP contribution in [0.15, 0.2) is 12.7 Å². The topological polar surface area (TPSA) is 70.6 Å². The molecule has 0 saturated heterocycles. The van der Waals surface area contributed by atoms with Gasteiger partial charge in [0.25, 0.3) is 0 Å². The fraction of sp³-hybridized carbons (Fsp3) is 0.769. The molecule has 3 N–H and O–H groups in total. The lowest BCUT2D eigenvalue weighted by Gasteiger charge is -2.37. The summed E-state index contributed by atoms with van der Waals surface area (Å²) in [6, 6.07) is 0. The van der Waals surface area contributed by atoms with Crippen LogP contribution in [-0.4, -0.2) is 37.4 Å². The van der Waals surface area contributed by atoms with Crippen LogP contribution in [0.3, 0.4) is 0 Å². The van der Waals surface area contributed by atoms with Gasteiger partial charge in [-0.15, -0.1) is 6.58 Å². The highest BCUT2D eigenvalue weighted by atomic mass is 16.6. The number of amides is 1. The number of ether oxygens (including phenoxy) is 1. The monoisotopic (exact) mass is 268 g/mol. The molecule has 0 atom stereocenters. The first-order valence-corrected chi connectivity index (χ1v) is 6.92. The van der Waals surface area contributed by atoms with Gasteiger partial charge in [-0.05, 0) is 44.5 Å². The Morgan fingerprint density at radius 2 is 2.21 bits per heavy atom. The first kappa shape index (κ1) is 16.1. The van der Waals surface area contributed by atoms with Gasteiger partial charge >= 0.3 is 13.1 Å². The highest BCUT2D eigenvalue weighted by Gasteiger charge is 2.32. The highest BCUT2D eigenvalue weighted by Crippen LogP contribution is 2.36. The molecule has 1 aliphatic carbocycles. The van der Waals surface area contributed by atoms with Crippen molar-refractivity contribution in [1.82, 2.24) is 10.5 Å². The molecule has 1 rings (SSSR count). The summed E-state index contributed by atoms with van der Waals surface area (Å²) in [5.41, 5.74) is 0.175. The maximum Gasteiger partial charge on any atom is 0.407 e. The fourth-order valence-corrected chi connectivity index (χ4v) is 2.33. The van der Waals surface area contributed by atoms with E-state index < -0.39 is 7.05 Å². The first-order chi connectivity index (χ1) is 8.95. The van der Waals surface area contributed by atoms with Crippen molar-refractivity contribution in [3.63, 3.8) is 0 Å². The van der Waals surface area contributed by atoms with E-state index in [1.165, 1.54) is 0 Å². The number of rotatable bonds is 6. The molecule has 19 heavy (non-hydrogen) atoms. The van der Waals surface area contributed by atoms with E-state index in [0.717, 1.165) is 32.2 Å². The Kier molecular flexibility index (Phi) is 6.38. The summed E-state index contributed by atoms with van der Waals surface area (Å²) in [6.07, 6.45) is 5.00. The van der Waals surface area contributed by atoms with Crippen molar-refractivity contribution >= 4 is 13.1 Å². The highest BCUT2D eigenvalue weighted by molar-refractivity contribution is 6.45. The molecule has 0 radical (unpaired) electrons. The minimum Gasteiger partial charge on any atom is -0.446 e. The summed E-state index contributed by atoms with van der Waals surface area (Å²) in [6.45, 7) is 8.69. The van der Waals surface area contributed by atoms with Crippen LogP contribution in [0.4, 0.5) is 4.79 Å². The number of alkyl carbamates (subject to hydrolysis) is 1. The van der Waals surface area contributed by atoms with Crippen molar-refractivity contribution in [3.8, 4) is 0 Å². The van der Waals surface area contributed by atoms with Gasteiger partial charge in [0.1, 0.15) is 6.10 Å². The third-order valence-electron chi connectivity index (χ3n) is 3.63. The van der Waals surface area contributed by atoms with E-state index in [1.807, 2.05) is 0 Å². The van der Waals surface area contributed by atoms with E-state index in [9.17, 15) is 9.82 Å². The van der Waals surface area contributed by atoms with Crippen molar-refractivity contribution in [3.05, 3.63) is 12.7 Å². The van der Waals surface area contributed by atoms with Crippen molar-refractivity contribution in [2.24, 2.45) is 5.41 Å². The number of carbonyl (C=O) groups is 1. The molecule has 0 aromatic rings. The van der Waals surface area contributed by atoms with Gasteiger partial charge in [0.05, 0.1) is 0 Å². The molecule has 0 aromatic heterocycles. The standard InChI is InChI=1S/C13H25BN2O3/c1-4-9-15-12(17)19-11-5-7-13(2,8-6-11)10-16-14(3)18/h4,11,16,18H,1,5-10H2,2-3H3,(H,15,17). The second-order valence-corrected chi connectivity index (χ2v) is 5.64. The Labute approximate surface area is 115 Å². The van der Waals surface area contributed by atoms with Gasteiger partial charge in [0, 0.05) is 6.54 Å². The normalized spacial score (nSPS) is 26.6. The van der Waals surface area contributed by atoms with Gasteiger partial charge in [0.2, 0.25) is 0 Å². The molecule has 0 unspecified atom stereocenters.